The number of alkyl halides is 3. The van der Waals surface area contributed by atoms with Gasteiger partial charge in [-0.1, -0.05) is 48.5 Å². The van der Waals surface area contributed by atoms with E-state index in [1.165, 1.54) is 5.56 Å². The number of β-amino-alcohol motifs (C(OH)–C–C–N with tert-alkyl or cyclic N) is 1. The van der Waals surface area contributed by atoms with Crippen LogP contribution in [0, 0.1) is 0 Å². The van der Waals surface area contributed by atoms with Gasteiger partial charge >= 0.3 is 12.1 Å². The summed E-state index contributed by atoms with van der Waals surface area (Å²) in [6, 6.07) is 16.5. The van der Waals surface area contributed by atoms with Crippen molar-refractivity contribution in [1.29, 1.82) is 0 Å². The number of aliphatic hydroxyl groups is 1. The van der Waals surface area contributed by atoms with Crippen molar-refractivity contribution in [2.75, 3.05) is 37.7 Å². The SMILES string of the molecule is O=C(O)C(F)(F)F.O=S1(=O)CCN(Cc2ccc(-c3ccc(C4(O)CNC4)cc3)cc2)CC1. The van der Waals surface area contributed by atoms with Gasteiger partial charge in [0.05, 0.1) is 11.5 Å². The van der Waals surface area contributed by atoms with Gasteiger partial charge in [0.2, 0.25) is 0 Å². The maximum Gasteiger partial charge on any atom is 0.490 e. The van der Waals surface area contributed by atoms with Crippen LogP contribution in [0.25, 0.3) is 11.1 Å². The molecule has 0 radical (unpaired) electrons. The lowest BCUT2D eigenvalue weighted by molar-refractivity contribution is -0.192. The number of halogens is 3. The van der Waals surface area contributed by atoms with E-state index in [2.05, 4.69) is 46.6 Å². The van der Waals surface area contributed by atoms with Crippen LogP contribution in [0.2, 0.25) is 0 Å². The number of hydrogen-bond donors (Lipinski definition) is 3. The first-order valence-corrected chi connectivity index (χ1v) is 12.1. The summed E-state index contributed by atoms with van der Waals surface area (Å²) in [6.45, 7) is 3.24. The van der Waals surface area contributed by atoms with E-state index in [1.54, 1.807) is 0 Å². The molecule has 33 heavy (non-hydrogen) atoms. The zero-order chi connectivity index (χ0) is 24.3. The first-order valence-electron chi connectivity index (χ1n) is 10.2. The Kier molecular flexibility index (Phi) is 7.47. The number of carbonyl (C=O) groups is 1. The van der Waals surface area contributed by atoms with Crippen LogP contribution in [0.1, 0.15) is 11.1 Å². The summed E-state index contributed by atoms with van der Waals surface area (Å²) >= 11 is 0. The molecule has 0 amide bonds. The van der Waals surface area contributed by atoms with E-state index in [9.17, 15) is 26.7 Å². The molecular formula is C22H25F3N2O5S. The van der Waals surface area contributed by atoms with Crippen molar-refractivity contribution in [1.82, 2.24) is 10.2 Å². The maximum absolute atomic E-state index is 11.5. The molecule has 0 aromatic heterocycles. The van der Waals surface area contributed by atoms with Gasteiger partial charge in [-0.3, -0.25) is 4.90 Å². The fraction of sp³-hybridized carbons (Fsp3) is 0.409. The first-order chi connectivity index (χ1) is 15.4. The van der Waals surface area contributed by atoms with Gasteiger partial charge in [-0.05, 0) is 22.3 Å². The molecule has 2 fully saturated rings. The number of carboxylic acid groups (broad SMARTS) is 1. The van der Waals surface area contributed by atoms with Gasteiger partial charge in [0.25, 0.3) is 0 Å². The van der Waals surface area contributed by atoms with Crippen LogP contribution in [-0.2, 0) is 26.8 Å². The Labute approximate surface area is 189 Å². The second kappa shape index (κ2) is 9.80. The number of nitrogens with zero attached hydrogens (tertiary/aromatic N) is 1. The van der Waals surface area contributed by atoms with Crippen LogP contribution in [0.4, 0.5) is 13.2 Å². The number of nitrogens with one attached hydrogen (secondary N) is 1. The third-order valence-corrected chi connectivity index (χ3v) is 7.24. The molecule has 3 N–H and O–H groups in total. The van der Waals surface area contributed by atoms with Gasteiger partial charge in [0, 0.05) is 32.7 Å². The van der Waals surface area contributed by atoms with Gasteiger partial charge < -0.3 is 15.5 Å². The van der Waals surface area contributed by atoms with Gasteiger partial charge in [-0.25, -0.2) is 13.2 Å². The summed E-state index contributed by atoms with van der Waals surface area (Å²) in [7, 11) is -2.83. The highest BCUT2D eigenvalue weighted by Gasteiger charge is 2.38. The van der Waals surface area contributed by atoms with Crippen molar-refractivity contribution in [3.63, 3.8) is 0 Å². The second-order valence-electron chi connectivity index (χ2n) is 8.14. The lowest BCUT2D eigenvalue weighted by Gasteiger charge is -2.38. The number of benzene rings is 2. The van der Waals surface area contributed by atoms with Crippen LogP contribution in [0.15, 0.2) is 48.5 Å². The molecule has 7 nitrogen and oxygen atoms in total. The molecule has 2 aliphatic rings. The third kappa shape index (κ3) is 6.76. The Morgan fingerprint density at radius 1 is 0.970 bits per heavy atom. The summed E-state index contributed by atoms with van der Waals surface area (Å²) in [4.78, 5) is 11.1. The molecule has 0 aliphatic carbocycles. The predicted molar refractivity (Wildman–Crippen MR) is 116 cm³/mol. The molecule has 2 aromatic rings. The van der Waals surface area contributed by atoms with Crippen molar-refractivity contribution >= 4 is 15.8 Å². The highest BCUT2D eigenvalue weighted by Crippen LogP contribution is 2.28. The number of rotatable bonds is 4. The van der Waals surface area contributed by atoms with E-state index in [1.807, 2.05) is 12.1 Å². The normalized spacial score (nSPS) is 19.6. The highest BCUT2D eigenvalue weighted by molar-refractivity contribution is 7.91. The molecular weight excluding hydrogens is 461 g/mol. The predicted octanol–water partition coefficient (Wildman–Crippen LogP) is 2.01. The number of carboxylic acids is 1. The second-order valence-corrected chi connectivity index (χ2v) is 10.4. The molecule has 0 unspecified atom stereocenters. The lowest BCUT2D eigenvalue weighted by atomic mass is 9.87. The fourth-order valence-electron chi connectivity index (χ4n) is 3.51. The van der Waals surface area contributed by atoms with Crippen molar-refractivity contribution in [3.8, 4) is 11.1 Å². The van der Waals surface area contributed by atoms with Crippen LogP contribution in [0.5, 0.6) is 0 Å². The number of aliphatic carboxylic acids is 1. The molecule has 11 heteroatoms. The van der Waals surface area contributed by atoms with Crippen LogP contribution >= 0.6 is 0 Å². The van der Waals surface area contributed by atoms with E-state index < -0.39 is 27.6 Å². The summed E-state index contributed by atoms with van der Waals surface area (Å²) in [6.07, 6.45) is -5.08. The topological polar surface area (TPSA) is 107 Å². The molecule has 0 bridgehead atoms. The average molecular weight is 487 g/mol. The Bertz CT molecular complexity index is 1050. The molecule has 2 heterocycles. The van der Waals surface area contributed by atoms with E-state index in [0.29, 0.717) is 26.2 Å². The third-order valence-electron chi connectivity index (χ3n) is 5.63. The van der Waals surface area contributed by atoms with Crippen molar-refractivity contribution < 1.29 is 36.6 Å². The molecule has 0 spiro atoms. The summed E-state index contributed by atoms with van der Waals surface area (Å²) in [5.41, 5.74) is 3.70. The Morgan fingerprint density at radius 2 is 1.42 bits per heavy atom. The van der Waals surface area contributed by atoms with Crippen molar-refractivity contribution in [2.24, 2.45) is 0 Å². The molecule has 0 saturated carbocycles. The van der Waals surface area contributed by atoms with Gasteiger partial charge in [0.1, 0.15) is 5.60 Å². The standard InChI is InChI=1S/C20H24N2O3S.C2HF3O2/c23-20(14-21-15-20)19-7-5-18(6-8-19)17-3-1-16(2-4-17)13-22-9-11-26(24,25)12-10-22;3-2(4,5)1(6)7/h1-8,21,23H,9-15H2;(H,6,7). The molecule has 180 valence electrons. The zero-order valence-corrected chi connectivity index (χ0v) is 18.5. The van der Waals surface area contributed by atoms with Gasteiger partial charge in [0.15, 0.2) is 9.84 Å². The highest BCUT2D eigenvalue weighted by atomic mass is 32.2. The molecule has 0 atom stereocenters. The first kappa shape index (κ1) is 25.2. The van der Waals surface area contributed by atoms with E-state index in [-0.39, 0.29) is 11.5 Å². The van der Waals surface area contributed by atoms with E-state index >= 15 is 0 Å². The summed E-state index contributed by atoms with van der Waals surface area (Å²) in [5.74, 6) is -2.23. The van der Waals surface area contributed by atoms with Crippen LogP contribution in [0.3, 0.4) is 0 Å². The van der Waals surface area contributed by atoms with Crippen LogP contribution < -0.4 is 5.32 Å². The largest absolute Gasteiger partial charge is 0.490 e. The van der Waals surface area contributed by atoms with Crippen molar-refractivity contribution in [3.05, 3.63) is 59.7 Å². The molecule has 4 rings (SSSR count). The minimum absolute atomic E-state index is 0.263. The Hall–Kier alpha value is -2.47. The van der Waals surface area contributed by atoms with Gasteiger partial charge in [-0.2, -0.15) is 13.2 Å². The fourth-order valence-corrected chi connectivity index (χ4v) is 4.78. The van der Waals surface area contributed by atoms with E-state index in [0.717, 1.165) is 23.2 Å². The molecule has 2 saturated heterocycles. The van der Waals surface area contributed by atoms with E-state index in [4.69, 9.17) is 9.90 Å². The molecule has 2 aromatic carbocycles. The minimum atomic E-state index is -5.08. The average Bonchev–Trinajstić information content (AvgIpc) is 2.74. The van der Waals surface area contributed by atoms with Crippen molar-refractivity contribution in [2.45, 2.75) is 18.3 Å². The van der Waals surface area contributed by atoms with Crippen LogP contribution in [-0.4, -0.2) is 73.4 Å². The monoisotopic (exact) mass is 486 g/mol. The smallest absolute Gasteiger partial charge is 0.475 e. The maximum atomic E-state index is 11.5. The number of sulfone groups is 1. The zero-order valence-electron chi connectivity index (χ0n) is 17.7. The van der Waals surface area contributed by atoms with Gasteiger partial charge in [-0.15, -0.1) is 0 Å². The lowest BCUT2D eigenvalue weighted by Crippen LogP contribution is -2.56. The summed E-state index contributed by atoms with van der Waals surface area (Å²) in [5, 5.41) is 20.6. The quantitative estimate of drug-likeness (QED) is 0.607. The Morgan fingerprint density at radius 3 is 1.82 bits per heavy atom. The number of hydrogen-bond acceptors (Lipinski definition) is 6. The molecule has 2 aliphatic heterocycles. The Balaban J connectivity index is 0.000000383. The minimum Gasteiger partial charge on any atom is -0.475 e. The summed E-state index contributed by atoms with van der Waals surface area (Å²) < 4.78 is 54.8.